The maximum atomic E-state index is 2.55. The summed E-state index contributed by atoms with van der Waals surface area (Å²) in [6.45, 7) is 6.60. The third-order valence-corrected chi connectivity index (χ3v) is 4.13. The first-order valence-corrected chi connectivity index (χ1v) is 6.58. The van der Waals surface area contributed by atoms with Gasteiger partial charge in [-0.25, -0.2) is 0 Å². The van der Waals surface area contributed by atoms with Gasteiger partial charge in [-0.3, -0.25) is 0 Å². The maximum absolute atomic E-state index is 2.55. The van der Waals surface area contributed by atoms with E-state index >= 15 is 0 Å². The summed E-state index contributed by atoms with van der Waals surface area (Å²) < 4.78 is 0. The Morgan fingerprint density at radius 3 is 2.50 bits per heavy atom. The van der Waals surface area contributed by atoms with Crippen molar-refractivity contribution in [2.75, 3.05) is 19.6 Å². The Morgan fingerprint density at radius 1 is 1.14 bits per heavy atom. The molecule has 0 N–H and O–H groups in total. The monoisotopic (exact) mass is 195 g/mol. The van der Waals surface area contributed by atoms with Gasteiger partial charge in [-0.05, 0) is 31.2 Å². The molecule has 0 amide bonds. The second kappa shape index (κ2) is 5.16. The van der Waals surface area contributed by atoms with Gasteiger partial charge < -0.3 is 4.90 Å². The zero-order valence-corrected chi connectivity index (χ0v) is 9.67. The van der Waals surface area contributed by atoms with Crippen molar-refractivity contribution in [2.45, 2.75) is 51.9 Å². The number of nitrogens with zero attached hydrogens (tertiary/aromatic N) is 1. The molecule has 14 heavy (non-hydrogen) atoms. The highest BCUT2D eigenvalue weighted by molar-refractivity contribution is 4.74. The third-order valence-electron chi connectivity index (χ3n) is 4.13. The van der Waals surface area contributed by atoms with E-state index in [2.05, 4.69) is 11.8 Å². The van der Waals surface area contributed by atoms with E-state index in [1.54, 1.807) is 0 Å². The summed E-state index contributed by atoms with van der Waals surface area (Å²) in [6, 6.07) is 0. The average molecular weight is 195 g/mol. The lowest BCUT2D eigenvalue weighted by molar-refractivity contribution is 0.246. The van der Waals surface area contributed by atoms with Gasteiger partial charge in [-0.1, -0.05) is 39.0 Å². The highest BCUT2D eigenvalue weighted by atomic mass is 15.2. The van der Waals surface area contributed by atoms with Crippen LogP contribution >= 0.6 is 0 Å². The Bertz CT molecular complexity index is 157. The van der Waals surface area contributed by atoms with Gasteiger partial charge in [-0.2, -0.15) is 0 Å². The van der Waals surface area contributed by atoms with Crippen LogP contribution in [0.3, 0.4) is 0 Å². The zero-order chi connectivity index (χ0) is 9.80. The van der Waals surface area contributed by atoms with Gasteiger partial charge in [0.25, 0.3) is 0 Å². The predicted octanol–water partition coefficient (Wildman–Crippen LogP) is 3.30. The van der Waals surface area contributed by atoms with Crippen molar-refractivity contribution >= 4 is 0 Å². The van der Waals surface area contributed by atoms with E-state index in [1.165, 1.54) is 64.6 Å². The Hall–Kier alpha value is -0.0400. The minimum absolute atomic E-state index is 0.996. The Labute approximate surface area is 88.9 Å². The molecule has 1 nitrogen and oxygen atoms in total. The third kappa shape index (κ3) is 3.27. The molecule has 82 valence electrons. The van der Waals surface area contributed by atoms with Gasteiger partial charge in [0, 0.05) is 13.1 Å². The van der Waals surface area contributed by atoms with Crippen LogP contribution in [0.25, 0.3) is 0 Å². The molecule has 2 fully saturated rings. The second-order valence-corrected chi connectivity index (χ2v) is 5.36. The molecular formula is C13H25N. The molecule has 1 heteroatoms. The van der Waals surface area contributed by atoms with Crippen molar-refractivity contribution in [3.8, 4) is 0 Å². The van der Waals surface area contributed by atoms with Gasteiger partial charge >= 0.3 is 0 Å². The first-order valence-electron chi connectivity index (χ1n) is 6.58. The summed E-state index contributed by atoms with van der Waals surface area (Å²) in [5, 5.41) is 0. The summed E-state index contributed by atoms with van der Waals surface area (Å²) in [6.07, 6.45) is 10.5. The van der Waals surface area contributed by atoms with Crippen LogP contribution < -0.4 is 0 Å². The van der Waals surface area contributed by atoms with Gasteiger partial charge in [0.1, 0.15) is 0 Å². The summed E-state index contributed by atoms with van der Waals surface area (Å²) in [5.74, 6) is 2.06. The fraction of sp³-hybridized carbons (Fsp3) is 1.00. The minimum Gasteiger partial charge on any atom is -0.301 e. The average Bonchev–Trinajstić information content (AvgIpc) is 3.03. The van der Waals surface area contributed by atoms with Gasteiger partial charge in [0.15, 0.2) is 0 Å². The van der Waals surface area contributed by atoms with Crippen molar-refractivity contribution in [2.24, 2.45) is 11.8 Å². The standard InChI is InChI=1S/C13H25N/c1-12(6-5-9-14-10-11-14)13-7-3-2-4-8-13/h12-13H,2-11H2,1H3/t12-/m1/s1. The first kappa shape index (κ1) is 10.5. The molecule has 1 aliphatic heterocycles. The van der Waals surface area contributed by atoms with Crippen molar-refractivity contribution < 1.29 is 0 Å². The molecule has 1 saturated heterocycles. The number of hydrogen-bond acceptors (Lipinski definition) is 1. The van der Waals surface area contributed by atoms with Crippen LogP contribution in [0.4, 0.5) is 0 Å². The number of rotatable bonds is 5. The van der Waals surface area contributed by atoms with Crippen LogP contribution in [0.5, 0.6) is 0 Å². The van der Waals surface area contributed by atoms with Crippen LogP contribution in [0, 0.1) is 11.8 Å². The lowest BCUT2D eigenvalue weighted by atomic mass is 9.79. The minimum atomic E-state index is 0.996. The highest BCUT2D eigenvalue weighted by Gasteiger charge is 2.21. The molecular weight excluding hydrogens is 170 g/mol. The quantitative estimate of drug-likeness (QED) is 0.608. The first-order chi connectivity index (χ1) is 6.86. The normalized spacial score (nSPS) is 26.4. The summed E-state index contributed by atoms with van der Waals surface area (Å²) in [7, 11) is 0. The lowest BCUT2D eigenvalue weighted by Gasteiger charge is -2.27. The topological polar surface area (TPSA) is 3.01 Å². The molecule has 0 radical (unpaired) electrons. The molecule has 0 aromatic heterocycles. The van der Waals surface area contributed by atoms with Crippen LogP contribution in [-0.4, -0.2) is 24.5 Å². The fourth-order valence-corrected chi connectivity index (χ4v) is 2.87. The lowest BCUT2D eigenvalue weighted by Crippen LogP contribution is -2.16. The molecule has 0 bridgehead atoms. The molecule has 1 saturated carbocycles. The van der Waals surface area contributed by atoms with Crippen LogP contribution in [0.1, 0.15) is 51.9 Å². The largest absolute Gasteiger partial charge is 0.301 e. The highest BCUT2D eigenvalue weighted by Crippen LogP contribution is 2.32. The van der Waals surface area contributed by atoms with Crippen LogP contribution in [-0.2, 0) is 0 Å². The zero-order valence-electron chi connectivity index (χ0n) is 9.67. The molecule has 0 unspecified atom stereocenters. The molecule has 2 rings (SSSR count). The summed E-state index contributed by atoms with van der Waals surface area (Å²) in [5.41, 5.74) is 0. The maximum Gasteiger partial charge on any atom is 0.0110 e. The summed E-state index contributed by atoms with van der Waals surface area (Å²) in [4.78, 5) is 2.55. The molecule has 0 aromatic rings. The van der Waals surface area contributed by atoms with E-state index in [9.17, 15) is 0 Å². The molecule has 2 aliphatic rings. The van der Waals surface area contributed by atoms with Crippen LogP contribution in [0.15, 0.2) is 0 Å². The van der Waals surface area contributed by atoms with Gasteiger partial charge in [0.05, 0.1) is 0 Å². The van der Waals surface area contributed by atoms with Crippen molar-refractivity contribution in [3.05, 3.63) is 0 Å². The van der Waals surface area contributed by atoms with Crippen molar-refractivity contribution in [3.63, 3.8) is 0 Å². The Morgan fingerprint density at radius 2 is 1.86 bits per heavy atom. The van der Waals surface area contributed by atoms with E-state index in [0.29, 0.717) is 0 Å². The molecule has 1 atom stereocenters. The van der Waals surface area contributed by atoms with E-state index in [-0.39, 0.29) is 0 Å². The summed E-state index contributed by atoms with van der Waals surface area (Å²) >= 11 is 0. The SMILES string of the molecule is C[C@H](CCCN1CC1)C1CCCCC1. The van der Waals surface area contributed by atoms with E-state index in [4.69, 9.17) is 0 Å². The Kier molecular flexibility index (Phi) is 3.86. The molecule has 1 aliphatic carbocycles. The second-order valence-electron chi connectivity index (χ2n) is 5.36. The fourth-order valence-electron chi connectivity index (χ4n) is 2.87. The predicted molar refractivity (Wildman–Crippen MR) is 61.4 cm³/mol. The van der Waals surface area contributed by atoms with Crippen molar-refractivity contribution in [1.82, 2.24) is 4.90 Å². The molecule has 0 spiro atoms. The van der Waals surface area contributed by atoms with Gasteiger partial charge in [0.2, 0.25) is 0 Å². The molecule has 1 heterocycles. The van der Waals surface area contributed by atoms with Gasteiger partial charge in [-0.15, -0.1) is 0 Å². The van der Waals surface area contributed by atoms with E-state index in [1.807, 2.05) is 0 Å². The smallest absolute Gasteiger partial charge is 0.0110 e. The van der Waals surface area contributed by atoms with E-state index < -0.39 is 0 Å². The van der Waals surface area contributed by atoms with E-state index in [0.717, 1.165) is 11.8 Å². The number of hydrogen-bond donors (Lipinski definition) is 0. The molecule has 0 aromatic carbocycles. The van der Waals surface area contributed by atoms with Crippen molar-refractivity contribution in [1.29, 1.82) is 0 Å². The Balaban J connectivity index is 1.57. The van der Waals surface area contributed by atoms with Crippen LogP contribution in [0.2, 0.25) is 0 Å².